The average molecular weight is 354 g/mol. The molecule has 1 aliphatic carbocycles. The lowest BCUT2D eigenvalue weighted by molar-refractivity contribution is 0.0937. The van der Waals surface area contributed by atoms with Crippen molar-refractivity contribution in [1.82, 2.24) is 9.62 Å². The third-order valence-corrected chi connectivity index (χ3v) is 6.51. The number of hydrogen-bond donors (Lipinski definition) is 1. The summed E-state index contributed by atoms with van der Waals surface area (Å²) < 4.78 is 32.2. The van der Waals surface area contributed by atoms with Gasteiger partial charge in [0.1, 0.15) is 10.6 Å². The van der Waals surface area contributed by atoms with Crippen LogP contribution >= 0.6 is 0 Å². The van der Waals surface area contributed by atoms with Gasteiger partial charge in [-0.15, -0.1) is 0 Å². The van der Waals surface area contributed by atoms with Crippen molar-refractivity contribution in [2.75, 3.05) is 20.2 Å². The van der Waals surface area contributed by atoms with Crippen molar-refractivity contribution in [2.45, 2.75) is 50.5 Å². The van der Waals surface area contributed by atoms with Crippen molar-refractivity contribution in [1.29, 1.82) is 0 Å². The van der Waals surface area contributed by atoms with Gasteiger partial charge in [0.05, 0.1) is 7.11 Å². The zero-order valence-corrected chi connectivity index (χ0v) is 15.4. The van der Waals surface area contributed by atoms with E-state index in [4.69, 9.17) is 4.74 Å². The Labute approximate surface area is 144 Å². The molecule has 2 rings (SSSR count). The summed E-state index contributed by atoms with van der Waals surface area (Å²) in [5.74, 6) is 0.0138. The molecule has 0 bridgehead atoms. The van der Waals surface area contributed by atoms with Crippen molar-refractivity contribution >= 4 is 15.9 Å². The summed E-state index contributed by atoms with van der Waals surface area (Å²) in [5, 5.41) is 2.98. The number of ether oxygens (including phenoxy) is 1. The van der Waals surface area contributed by atoms with Gasteiger partial charge in [0.15, 0.2) is 0 Å². The standard InChI is InChI=1S/C17H26N2O4S/c1-4-19(5-2)24(21,22)16-12-13(10-11-15(16)23-3)17(20)18-14-8-6-7-9-14/h10-12,14H,4-9H2,1-3H3,(H,18,20). The first kappa shape index (κ1) is 18.7. The lowest BCUT2D eigenvalue weighted by atomic mass is 10.1. The maximum Gasteiger partial charge on any atom is 0.251 e. The molecule has 0 saturated heterocycles. The second-order valence-electron chi connectivity index (χ2n) is 5.91. The van der Waals surface area contributed by atoms with E-state index in [0.29, 0.717) is 18.7 Å². The van der Waals surface area contributed by atoms with E-state index in [1.54, 1.807) is 26.0 Å². The molecule has 1 aromatic carbocycles. The zero-order valence-electron chi connectivity index (χ0n) is 14.5. The van der Waals surface area contributed by atoms with Gasteiger partial charge in [-0.3, -0.25) is 4.79 Å². The lowest BCUT2D eigenvalue weighted by Gasteiger charge is -2.20. The van der Waals surface area contributed by atoms with Gasteiger partial charge in [-0.25, -0.2) is 8.42 Å². The Morgan fingerprint density at radius 1 is 1.25 bits per heavy atom. The predicted octanol–water partition coefficient (Wildman–Crippen LogP) is 2.40. The minimum Gasteiger partial charge on any atom is -0.495 e. The Hall–Kier alpha value is -1.60. The third kappa shape index (κ3) is 3.89. The molecular formula is C17H26N2O4S. The van der Waals surface area contributed by atoms with Crippen molar-refractivity contribution in [2.24, 2.45) is 0 Å². The number of methoxy groups -OCH3 is 1. The van der Waals surface area contributed by atoms with Crippen LogP contribution in [0.4, 0.5) is 0 Å². The molecule has 24 heavy (non-hydrogen) atoms. The van der Waals surface area contributed by atoms with E-state index in [9.17, 15) is 13.2 Å². The van der Waals surface area contributed by atoms with Gasteiger partial charge in [0.25, 0.3) is 5.91 Å². The van der Waals surface area contributed by atoms with Gasteiger partial charge >= 0.3 is 0 Å². The quantitative estimate of drug-likeness (QED) is 0.816. The van der Waals surface area contributed by atoms with E-state index in [1.807, 2.05) is 0 Å². The summed E-state index contributed by atoms with van der Waals surface area (Å²) in [6, 6.07) is 4.74. The fourth-order valence-corrected chi connectivity index (χ4v) is 4.70. The fourth-order valence-electron chi connectivity index (χ4n) is 3.06. The Bertz CT molecular complexity index is 678. The predicted molar refractivity (Wildman–Crippen MR) is 92.8 cm³/mol. The Morgan fingerprint density at radius 2 is 1.88 bits per heavy atom. The fraction of sp³-hybridized carbons (Fsp3) is 0.588. The maximum absolute atomic E-state index is 12.8. The highest BCUT2D eigenvalue weighted by atomic mass is 32.2. The molecular weight excluding hydrogens is 328 g/mol. The van der Waals surface area contributed by atoms with E-state index in [2.05, 4.69) is 5.32 Å². The first-order valence-corrected chi connectivity index (χ1v) is 9.87. The van der Waals surface area contributed by atoms with Gasteiger partial charge in [0, 0.05) is 24.7 Å². The summed E-state index contributed by atoms with van der Waals surface area (Å²) in [6.07, 6.45) is 4.20. The van der Waals surface area contributed by atoms with Gasteiger partial charge < -0.3 is 10.1 Å². The highest BCUT2D eigenvalue weighted by molar-refractivity contribution is 7.89. The molecule has 1 N–H and O–H groups in total. The summed E-state index contributed by atoms with van der Waals surface area (Å²) in [6.45, 7) is 4.29. The number of hydrogen-bond acceptors (Lipinski definition) is 4. The van der Waals surface area contributed by atoms with E-state index in [1.165, 1.54) is 17.5 Å². The second-order valence-corrected chi connectivity index (χ2v) is 7.82. The Kier molecular flexibility index (Phi) is 6.23. The number of benzene rings is 1. The summed E-state index contributed by atoms with van der Waals surface area (Å²) in [5.41, 5.74) is 0.341. The molecule has 0 aromatic heterocycles. The Balaban J connectivity index is 2.35. The van der Waals surface area contributed by atoms with Gasteiger partial charge in [-0.2, -0.15) is 4.31 Å². The molecule has 0 unspecified atom stereocenters. The highest BCUT2D eigenvalue weighted by Crippen LogP contribution is 2.28. The van der Waals surface area contributed by atoms with Crippen LogP contribution in [0.25, 0.3) is 0 Å². The van der Waals surface area contributed by atoms with Gasteiger partial charge in [-0.05, 0) is 31.0 Å². The number of nitrogens with zero attached hydrogens (tertiary/aromatic N) is 1. The molecule has 0 aliphatic heterocycles. The van der Waals surface area contributed by atoms with Crippen LogP contribution in [0.2, 0.25) is 0 Å². The molecule has 1 aliphatic rings. The van der Waals surface area contributed by atoms with Crippen LogP contribution in [0.15, 0.2) is 23.1 Å². The van der Waals surface area contributed by atoms with Crippen molar-refractivity contribution in [3.63, 3.8) is 0 Å². The monoisotopic (exact) mass is 354 g/mol. The summed E-state index contributed by atoms with van der Waals surface area (Å²) >= 11 is 0. The lowest BCUT2D eigenvalue weighted by Crippen LogP contribution is -2.33. The van der Waals surface area contributed by atoms with Crippen molar-refractivity contribution in [3.8, 4) is 5.75 Å². The normalized spacial score (nSPS) is 15.7. The number of amides is 1. The van der Waals surface area contributed by atoms with Crippen molar-refractivity contribution in [3.05, 3.63) is 23.8 Å². The molecule has 0 spiro atoms. The largest absolute Gasteiger partial charge is 0.495 e. The van der Waals surface area contributed by atoms with Crippen LogP contribution in [0.5, 0.6) is 5.75 Å². The Morgan fingerprint density at radius 3 is 2.42 bits per heavy atom. The minimum absolute atomic E-state index is 0.0350. The molecule has 1 aromatic rings. The van der Waals surface area contributed by atoms with E-state index >= 15 is 0 Å². The first-order valence-electron chi connectivity index (χ1n) is 8.43. The van der Waals surface area contributed by atoms with E-state index < -0.39 is 10.0 Å². The second kappa shape index (κ2) is 7.98. The van der Waals surface area contributed by atoms with Crippen molar-refractivity contribution < 1.29 is 17.9 Å². The van der Waals surface area contributed by atoms with Crippen LogP contribution in [-0.2, 0) is 10.0 Å². The van der Waals surface area contributed by atoms with E-state index in [-0.39, 0.29) is 22.6 Å². The topological polar surface area (TPSA) is 75.7 Å². The third-order valence-electron chi connectivity index (χ3n) is 4.44. The van der Waals surface area contributed by atoms with Crippen LogP contribution in [0, 0.1) is 0 Å². The summed E-state index contributed by atoms with van der Waals surface area (Å²) in [4.78, 5) is 12.5. The van der Waals surface area contributed by atoms with Crippen LogP contribution in [-0.4, -0.2) is 44.9 Å². The number of rotatable bonds is 7. The smallest absolute Gasteiger partial charge is 0.251 e. The first-order chi connectivity index (χ1) is 11.4. The average Bonchev–Trinajstić information content (AvgIpc) is 3.08. The number of carbonyl (C=O) groups excluding carboxylic acids is 1. The summed E-state index contributed by atoms with van der Waals surface area (Å²) in [7, 11) is -2.27. The van der Waals surface area contributed by atoms with Crippen LogP contribution in [0.3, 0.4) is 0 Å². The van der Waals surface area contributed by atoms with Gasteiger partial charge in [-0.1, -0.05) is 26.7 Å². The maximum atomic E-state index is 12.8. The van der Waals surface area contributed by atoms with E-state index in [0.717, 1.165) is 25.7 Å². The molecule has 0 radical (unpaired) electrons. The molecule has 1 fully saturated rings. The number of sulfonamides is 1. The number of carbonyl (C=O) groups is 1. The molecule has 0 atom stereocenters. The molecule has 134 valence electrons. The zero-order chi connectivity index (χ0) is 17.7. The molecule has 1 amide bonds. The van der Waals surface area contributed by atoms with Gasteiger partial charge in [0.2, 0.25) is 10.0 Å². The van der Waals surface area contributed by atoms with Crippen LogP contribution < -0.4 is 10.1 Å². The minimum atomic E-state index is -3.70. The molecule has 1 saturated carbocycles. The molecule has 7 heteroatoms. The highest BCUT2D eigenvalue weighted by Gasteiger charge is 2.27. The molecule has 0 heterocycles. The number of nitrogens with one attached hydrogen (secondary N) is 1. The van der Waals surface area contributed by atoms with Crippen LogP contribution in [0.1, 0.15) is 49.9 Å². The SMILES string of the molecule is CCN(CC)S(=O)(=O)c1cc(C(=O)NC2CCCC2)ccc1OC. The molecule has 6 nitrogen and oxygen atoms in total.